The van der Waals surface area contributed by atoms with Gasteiger partial charge in [-0.3, -0.25) is 0 Å². The minimum atomic E-state index is 0.237. The number of hydrogen-bond donors (Lipinski definition) is 1. The van der Waals surface area contributed by atoms with Crippen LogP contribution in [0.5, 0.6) is 5.75 Å². The smallest absolute Gasteiger partial charge is 0.119 e. The van der Waals surface area contributed by atoms with Crippen LogP contribution in [-0.4, -0.2) is 12.1 Å². The molecule has 0 aliphatic rings. The molecule has 4 heteroatoms. The molecule has 1 aromatic heterocycles. The Balaban J connectivity index is 2.10. The fourth-order valence-corrected chi connectivity index (χ4v) is 3.32. The van der Waals surface area contributed by atoms with Crippen LogP contribution >= 0.6 is 11.3 Å². The van der Waals surface area contributed by atoms with Crippen molar-refractivity contribution in [3.8, 4) is 5.75 Å². The molecule has 0 fully saturated rings. The summed E-state index contributed by atoms with van der Waals surface area (Å²) in [4.78, 5) is 5.91. The van der Waals surface area contributed by atoms with Gasteiger partial charge in [-0.05, 0) is 45.4 Å². The van der Waals surface area contributed by atoms with Crippen molar-refractivity contribution >= 4 is 11.3 Å². The Morgan fingerprint density at radius 2 is 1.95 bits per heavy atom. The number of aryl methyl sites for hydroxylation is 2. The second-order valence-corrected chi connectivity index (χ2v) is 6.47. The van der Waals surface area contributed by atoms with E-state index < -0.39 is 0 Å². The molecular weight excluding hydrogens is 268 g/mol. The molecule has 0 aliphatic carbocycles. The van der Waals surface area contributed by atoms with Crippen LogP contribution in [0.3, 0.4) is 0 Å². The van der Waals surface area contributed by atoms with Gasteiger partial charge < -0.3 is 10.1 Å². The maximum Gasteiger partial charge on any atom is 0.119 e. The molecule has 1 unspecified atom stereocenters. The van der Waals surface area contributed by atoms with E-state index in [1.54, 1.807) is 18.4 Å². The number of aromatic nitrogens is 1. The average molecular weight is 290 g/mol. The minimum absolute atomic E-state index is 0.237. The molecule has 20 heavy (non-hydrogen) atoms. The number of methoxy groups -OCH3 is 1. The highest BCUT2D eigenvalue weighted by Gasteiger charge is 2.16. The summed E-state index contributed by atoms with van der Waals surface area (Å²) in [6, 6.07) is 8.67. The summed E-state index contributed by atoms with van der Waals surface area (Å²) in [5, 5.41) is 4.73. The lowest BCUT2D eigenvalue weighted by atomic mass is 10.1. The number of benzene rings is 1. The van der Waals surface area contributed by atoms with E-state index in [2.05, 4.69) is 50.1 Å². The molecule has 0 spiro atoms. The first-order valence-corrected chi connectivity index (χ1v) is 7.67. The molecule has 1 N–H and O–H groups in total. The number of nitrogens with zero attached hydrogens (tertiary/aromatic N) is 1. The molecular formula is C16H22N2OS. The monoisotopic (exact) mass is 290 g/mol. The predicted octanol–water partition coefficient (Wildman–Crippen LogP) is 4.18. The van der Waals surface area contributed by atoms with Crippen LogP contribution in [0.2, 0.25) is 0 Å². The Morgan fingerprint density at radius 3 is 2.55 bits per heavy atom. The van der Waals surface area contributed by atoms with Gasteiger partial charge in [0.25, 0.3) is 0 Å². The van der Waals surface area contributed by atoms with Crippen molar-refractivity contribution in [2.24, 2.45) is 0 Å². The Kier molecular flexibility index (Phi) is 4.78. The highest BCUT2D eigenvalue weighted by Crippen LogP contribution is 2.26. The predicted molar refractivity (Wildman–Crippen MR) is 84.5 cm³/mol. The SMILES string of the molecule is COc1cccc([C@H](C)NC(C)c2nc(C)sc2C)c1. The molecule has 108 valence electrons. The highest BCUT2D eigenvalue weighted by molar-refractivity contribution is 7.11. The third kappa shape index (κ3) is 3.38. The van der Waals surface area contributed by atoms with Gasteiger partial charge in [0.1, 0.15) is 5.75 Å². The summed E-state index contributed by atoms with van der Waals surface area (Å²) in [5.41, 5.74) is 2.38. The van der Waals surface area contributed by atoms with Crippen LogP contribution in [0.1, 0.15) is 47.1 Å². The second kappa shape index (κ2) is 6.37. The zero-order valence-corrected chi connectivity index (χ0v) is 13.5. The molecule has 0 aliphatic heterocycles. The molecule has 2 atom stereocenters. The fourth-order valence-electron chi connectivity index (χ4n) is 2.41. The van der Waals surface area contributed by atoms with Crippen LogP contribution in [0.4, 0.5) is 0 Å². The molecule has 0 radical (unpaired) electrons. The van der Waals surface area contributed by atoms with Crippen LogP contribution < -0.4 is 10.1 Å². The fraction of sp³-hybridized carbons (Fsp3) is 0.438. The number of hydrogen-bond acceptors (Lipinski definition) is 4. The Morgan fingerprint density at radius 1 is 1.20 bits per heavy atom. The maximum atomic E-state index is 5.28. The second-order valence-electron chi connectivity index (χ2n) is 5.06. The Labute approximate surface area is 125 Å². The lowest BCUT2D eigenvalue weighted by Crippen LogP contribution is -2.23. The van der Waals surface area contributed by atoms with Gasteiger partial charge >= 0.3 is 0 Å². The van der Waals surface area contributed by atoms with E-state index in [1.165, 1.54) is 10.4 Å². The van der Waals surface area contributed by atoms with E-state index in [0.717, 1.165) is 16.5 Å². The van der Waals surface area contributed by atoms with Crippen LogP contribution in [-0.2, 0) is 0 Å². The minimum Gasteiger partial charge on any atom is -0.497 e. The number of nitrogens with one attached hydrogen (secondary N) is 1. The van der Waals surface area contributed by atoms with Gasteiger partial charge in [0, 0.05) is 17.0 Å². The summed E-state index contributed by atoms with van der Waals surface area (Å²) in [6.07, 6.45) is 0. The highest BCUT2D eigenvalue weighted by atomic mass is 32.1. The lowest BCUT2D eigenvalue weighted by Gasteiger charge is -2.20. The van der Waals surface area contributed by atoms with Crippen molar-refractivity contribution in [1.82, 2.24) is 10.3 Å². The molecule has 1 aromatic carbocycles. The first-order chi connectivity index (χ1) is 9.51. The zero-order chi connectivity index (χ0) is 14.7. The first-order valence-electron chi connectivity index (χ1n) is 6.85. The summed E-state index contributed by atoms with van der Waals surface area (Å²) in [6.45, 7) is 8.52. The van der Waals surface area contributed by atoms with Crippen molar-refractivity contribution in [2.75, 3.05) is 7.11 Å². The van der Waals surface area contributed by atoms with Gasteiger partial charge in [0.05, 0.1) is 17.8 Å². The zero-order valence-electron chi connectivity index (χ0n) is 12.7. The largest absolute Gasteiger partial charge is 0.497 e. The van der Waals surface area contributed by atoms with E-state index >= 15 is 0 Å². The quantitative estimate of drug-likeness (QED) is 0.897. The molecule has 0 saturated carbocycles. The van der Waals surface area contributed by atoms with Crippen molar-refractivity contribution in [2.45, 2.75) is 39.8 Å². The van der Waals surface area contributed by atoms with E-state index in [9.17, 15) is 0 Å². The Bertz CT molecular complexity index is 580. The summed E-state index contributed by atoms with van der Waals surface area (Å²) in [7, 11) is 1.70. The van der Waals surface area contributed by atoms with Crippen molar-refractivity contribution in [1.29, 1.82) is 0 Å². The van der Waals surface area contributed by atoms with Crippen LogP contribution in [0.25, 0.3) is 0 Å². The lowest BCUT2D eigenvalue weighted by molar-refractivity contribution is 0.412. The molecule has 0 bridgehead atoms. The summed E-state index contributed by atoms with van der Waals surface area (Å²) in [5.74, 6) is 0.893. The van der Waals surface area contributed by atoms with Gasteiger partial charge in [0.15, 0.2) is 0 Å². The molecule has 0 saturated heterocycles. The van der Waals surface area contributed by atoms with Gasteiger partial charge in [-0.1, -0.05) is 12.1 Å². The third-order valence-electron chi connectivity index (χ3n) is 3.44. The van der Waals surface area contributed by atoms with Crippen LogP contribution in [0, 0.1) is 13.8 Å². The van der Waals surface area contributed by atoms with Crippen molar-refractivity contribution in [3.63, 3.8) is 0 Å². The molecule has 2 rings (SSSR count). The molecule has 1 heterocycles. The standard InChI is InChI=1S/C16H22N2OS/c1-10(14-7-6-8-15(9-14)19-5)17-11(2)16-12(3)20-13(4)18-16/h6-11,17H,1-5H3/t10-,11?/m0/s1. The molecule has 0 amide bonds. The number of rotatable bonds is 5. The topological polar surface area (TPSA) is 34.1 Å². The van der Waals surface area contributed by atoms with E-state index in [4.69, 9.17) is 4.74 Å². The van der Waals surface area contributed by atoms with Crippen LogP contribution in [0.15, 0.2) is 24.3 Å². The summed E-state index contributed by atoms with van der Waals surface area (Å²) < 4.78 is 5.28. The maximum absolute atomic E-state index is 5.28. The van der Waals surface area contributed by atoms with Crippen molar-refractivity contribution < 1.29 is 4.74 Å². The van der Waals surface area contributed by atoms with Gasteiger partial charge in [-0.15, -0.1) is 11.3 Å². The Hall–Kier alpha value is -1.39. The average Bonchev–Trinajstić information content (AvgIpc) is 2.77. The normalized spacial score (nSPS) is 14.1. The first kappa shape index (κ1) is 15.0. The molecule has 2 aromatic rings. The van der Waals surface area contributed by atoms with E-state index in [0.29, 0.717) is 0 Å². The number of thiazole rings is 1. The van der Waals surface area contributed by atoms with Crippen molar-refractivity contribution in [3.05, 3.63) is 45.4 Å². The van der Waals surface area contributed by atoms with Gasteiger partial charge in [-0.25, -0.2) is 4.98 Å². The number of ether oxygens (including phenoxy) is 1. The third-order valence-corrected chi connectivity index (χ3v) is 4.35. The molecule has 3 nitrogen and oxygen atoms in total. The van der Waals surface area contributed by atoms with E-state index in [-0.39, 0.29) is 12.1 Å². The summed E-state index contributed by atoms with van der Waals surface area (Å²) >= 11 is 1.76. The van der Waals surface area contributed by atoms with Gasteiger partial charge in [-0.2, -0.15) is 0 Å². The van der Waals surface area contributed by atoms with E-state index in [1.807, 2.05) is 12.1 Å². The van der Waals surface area contributed by atoms with Gasteiger partial charge in [0.2, 0.25) is 0 Å².